The van der Waals surface area contributed by atoms with E-state index >= 15 is 0 Å². The number of hydrogen-bond donors (Lipinski definition) is 0. The molecule has 74 valence electrons. The Kier molecular flexibility index (Phi) is 4.29. The highest BCUT2D eigenvalue weighted by atomic mass is 35.5. The highest BCUT2D eigenvalue weighted by molar-refractivity contribution is 6.16. The van der Waals surface area contributed by atoms with Crippen molar-refractivity contribution in [3.63, 3.8) is 0 Å². The number of alkyl halides is 1. The molecule has 0 aliphatic rings. The van der Waals surface area contributed by atoms with Crippen molar-refractivity contribution in [2.45, 2.75) is 45.0 Å². The molecule has 0 N–H and O–H groups in total. The molecular formula is C10H17ClN2. The lowest BCUT2D eigenvalue weighted by Gasteiger charge is -2.17. The van der Waals surface area contributed by atoms with E-state index in [-0.39, 0.29) is 0 Å². The van der Waals surface area contributed by atoms with Gasteiger partial charge in [0.1, 0.15) is 0 Å². The highest BCUT2D eigenvalue weighted by Crippen LogP contribution is 2.20. The molecule has 13 heavy (non-hydrogen) atoms. The van der Waals surface area contributed by atoms with E-state index in [9.17, 15) is 0 Å². The molecule has 1 rings (SSSR count). The van der Waals surface area contributed by atoms with Crippen molar-refractivity contribution in [2.75, 3.05) is 0 Å². The van der Waals surface area contributed by atoms with Gasteiger partial charge in [-0.2, -0.15) is 0 Å². The molecule has 3 heteroatoms. The fraction of sp³-hybridized carbons (Fsp3) is 0.700. The summed E-state index contributed by atoms with van der Waals surface area (Å²) in [5.74, 6) is 0.556. The number of imidazole rings is 1. The minimum Gasteiger partial charge on any atom is -0.330 e. The summed E-state index contributed by atoms with van der Waals surface area (Å²) in [6.45, 7) is 4.41. The van der Waals surface area contributed by atoms with Crippen molar-refractivity contribution in [3.05, 3.63) is 18.2 Å². The van der Waals surface area contributed by atoms with E-state index in [0.29, 0.717) is 11.9 Å². The predicted octanol–water partition coefficient (Wildman–Crippen LogP) is 3.37. The van der Waals surface area contributed by atoms with Crippen LogP contribution in [0.5, 0.6) is 0 Å². The van der Waals surface area contributed by atoms with E-state index in [0.717, 1.165) is 12.1 Å². The minimum absolute atomic E-state index is 0.556. The van der Waals surface area contributed by atoms with Gasteiger partial charge in [-0.1, -0.05) is 20.3 Å². The van der Waals surface area contributed by atoms with Crippen LogP contribution in [0.15, 0.2) is 12.5 Å². The SMILES string of the molecule is CCCC(CC)n1cncc1CCl. The van der Waals surface area contributed by atoms with E-state index < -0.39 is 0 Å². The van der Waals surface area contributed by atoms with Crippen LogP contribution in [0.4, 0.5) is 0 Å². The van der Waals surface area contributed by atoms with Gasteiger partial charge in [0, 0.05) is 12.2 Å². The van der Waals surface area contributed by atoms with Crippen LogP contribution in [-0.2, 0) is 5.88 Å². The summed E-state index contributed by atoms with van der Waals surface area (Å²) in [7, 11) is 0. The first-order chi connectivity index (χ1) is 6.33. The van der Waals surface area contributed by atoms with Crippen LogP contribution in [0.1, 0.15) is 44.8 Å². The Labute approximate surface area is 84.9 Å². The molecule has 1 atom stereocenters. The van der Waals surface area contributed by atoms with E-state index in [1.54, 1.807) is 0 Å². The van der Waals surface area contributed by atoms with Gasteiger partial charge in [0.25, 0.3) is 0 Å². The largest absolute Gasteiger partial charge is 0.330 e. The molecule has 0 aromatic carbocycles. The Hall–Kier alpha value is -0.500. The molecule has 0 fully saturated rings. The first kappa shape index (κ1) is 10.6. The molecule has 2 nitrogen and oxygen atoms in total. The molecule has 0 aliphatic heterocycles. The molecule has 1 unspecified atom stereocenters. The monoisotopic (exact) mass is 200 g/mol. The van der Waals surface area contributed by atoms with E-state index in [2.05, 4.69) is 23.4 Å². The van der Waals surface area contributed by atoms with Gasteiger partial charge in [-0.15, -0.1) is 11.6 Å². The van der Waals surface area contributed by atoms with E-state index in [4.69, 9.17) is 11.6 Å². The Morgan fingerprint density at radius 2 is 2.31 bits per heavy atom. The Morgan fingerprint density at radius 3 is 2.85 bits per heavy atom. The lowest BCUT2D eigenvalue weighted by Crippen LogP contribution is -2.09. The van der Waals surface area contributed by atoms with Gasteiger partial charge in [-0.05, 0) is 12.8 Å². The smallest absolute Gasteiger partial charge is 0.0951 e. The maximum atomic E-state index is 5.81. The summed E-state index contributed by atoms with van der Waals surface area (Å²) in [5, 5.41) is 0. The molecule has 0 saturated heterocycles. The summed E-state index contributed by atoms with van der Waals surface area (Å²) >= 11 is 5.81. The second-order valence-electron chi connectivity index (χ2n) is 3.28. The molecule has 1 aromatic rings. The van der Waals surface area contributed by atoms with Gasteiger partial charge in [0.15, 0.2) is 0 Å². The Morgan fingerprint density at radius 1 is 1.54 bits per heavy atom. The van der Waals surface area contributed by atoms with Gasteiger partial charge in [0.05, 0.1) is 17.9 Å². The van der Waals surface area contributed by atoms with Crippen molar-refractivity contribution in [1.82, 2.24) is 9.55 Å². The Bertz CT molecular complexity index is 245. The number of rotatable bonds is 5. The van der Waals surface area contributed by atoms with Crippen molar-refractivity contribution in [3.8, 4) is 0 Å². The summed E-state index contributed by atoms with van der Waals surface area (Å²) in [6.07, 6.45) is 7.30. The van der Waals surface area contributed by atoms with E-state index in [1.165, 1.54) is 12.8 Å². The van der Waals surface area contributed by atoms with Crippen LogP contribution in [0.25, 0.3) is 0 Å². The molecule has 0 aliphatic carbocycles. The van der Waals surface area contributed by atoms with Crippen molar-refractivity contribution in [1.29, 1.82) is 0 Å². The third-order valence-electron chi connectivity index (χ3n) is 2.37. The highest BCUT2D eigenvalue weighted by Gasteiger charge is 2.10. The van der Waals surface area contributed by atoms with Crippen LogP contribution < -0.4 is 0 Å². The van der Waals surface area contributed by atoms with Gasteiger partial charge in [-0.25, -0.2) is 4.98 Å². The zero-order valence-electron chi connectivity index (χ0n) is 8.33. The minimum atomic E-state index is 0.556. The lowest BCUT2D eigenvalue weighted by atomic mass is 10.1. The summed E-state index contributed by atoms with van der Waals surface area (Å²) < 4.78 is 2.20. The van der Waals surface area contributed by atoms with Gasteiger partial charge in [0.2, 0.25) is 0 Å². The number of hydrogen-bond acceptors (Lipinski definition) is 1. The first-order valence-corrected chi connectivity index (χ1v) is 5.43. The van der Waals surface area contributed by atoms with Crippen molar-refractivity contribution >= 4 is 11.6 Å². The molecule has 0 spiro atoms. The average Bonchev–Trinajstić information content (AvgIpc) is 2.61. The standard InChI is InChI=1S/C10H17ClN2/c1-3-5-9(4-2)13-8-12-7-10(13)6-11/h7-9H,3-6H2,1-2H3. The third kappa shape index (κ3) is 2.47. The molecule has 1 heterocycles. The average molecular weight is 201 g/mol. The number of nitrogens with zero attached hydrogens (tertiary/aromatic N) is 2. The molecular weight excluding hydrogens is 184 g/mol. The molecule has 0 saturated carbocycles. The van der Waals surface area contributed by atoms with Gasteiger partial charge < -0.3 is 4.57 Å². The van der Waals surface area contributed by atoms with Crippen LogP contribution >= 0.6 is 11.6 Å². The Balaban J connectivity index is 2.77. The summed E-state index contributed by atoms with van der Waals surface area (Å²) in [6, 6.07) is 0.571. The molecule has 0 radical (unpaired) electrons. The summed E-state index contributed by atoms with van der Waals surface area (Å²) in [4.78, 5) is 4.12. The van der Waals surface area contributed by atoms with Gasteiger partial charge in [-0.3, -0.25) is 0 Å². The zero-order chi connectivity index (χ0) is 9.68. The molecule has 1 aromatic heterocycles. The van der Waals surface area contributed by atoms with Gasteiger partial charge >= 0.3 is 0 Å². The van der Waals surface area contributed by atoms with Crippen LogP contribution in [0, 0.1) is 0 Å². The number of aromatic nitrogens is 2. The second kappa shape index (κ2) is 5.28. The van der Waals surface area contributed by atoms with Crippen molar-refractivity contribution < 1.29 is 0 Å². The molecule has 0 amide bonds. The second-order valence-corrected chi connectivity index (χ2v) is 3.54. The van der Waals surface area contributed by atoms with E-state index in [1.807, 2.05) is 12.5 Å². The first-order valence-electron chi connectivity index (χ1n) is 4.90. The normalized spacial score (nSPS) is 13.2. The quantitative estimate of drug-likeness (QED) is 0.667. The zero-order valence-corrected chi connectivity index (χ0v) is 9.09. The van der Waals surface area contributed by atoms with Crippen LogP contribution in [-0.4, -0.2) is 9.55 Å². The topological polar surface area (TPSA) is 17.8 Å². The fourth-order valence-electron chi connectivity index (χ4n) is 1.64. The maximum absolute atomic E-state index is 5.81. The summed E-state index contributed by atoms with van der Waals surface area (Å²) in [5.41, 5.74) is 1.13. The lowest BCUT2D eigenvalue weighted by molar-refractivity contribution is 0.439. The molecule has 0 bridgehead atoms. The fourth-order valence-corrected chi connectivity index (χ4v) is 1.84. The number of halogens is 1. The van der Waals surface area contributed by atoms with Crippen LogP contribution in [0.2, 0.25) is 0 Å². The maximum Gasteiger partial charge on any atom is 0.0951 e. The van der Waals surface area contributed by atoms with Crippen molar-refractivity contribution in [2.24, 2.45) is 0 Å². The third-order valence-corrected chi connectivity index (χ3v) is 2.64. The predicted molar refractivity (Wildman–Crippen MR) is 56.0 cm³/mol. The van der Waals surface area contributed by atoms with Crippen LogP contribution in [0.3, 0.4) is 0 Å².